The van der Waals surface area contributed by atoms with E-state index < -0.39 is 0 Å². The van der Waals surface area contributed by atoms with E-state index in [-0.39, 0.29) is 11.6 Å². The maximum atomic E-state index is 12.9. The topological polar surface area (TPSA) is 47.0 Å². The quantitative estimate of drug-likeness (QED) is 0.458. The van der Waals surface area contributed by atoms with E-state index >= 15 is 0 Å². The second kappa shape index (κ2) is 7.64. The third kappa shape index (κ3) is 3.84. The number of aryl methyl sites for hydroxylation is 2. The predicted octanol–water partition coefficient (Wildman–Crippen LogP) is 5.69. The molecule has 3 nitrogen and oxygen atoms in total. The summed E-state index contributed by atoms with van der Waals surface area (Å²) < 4.78 is 1.65. The molecule has 26 heavy (non-hydrogen) atoms. The van der Waals surface area contributed by atoms with Gasteiger partial charge < -0.3 is 0 Å². The van der Waals surface area contributed by atoms with Crippen LogP contribution in [0, 0.1) is 13.8 Å². The summed E-state index contributed by atoms with van der Waals surface area (Å²) in [5.41, 5.74) is 3.19. The molecule has 0 aliphatic rings. The van der Waals surface area contributed by atoms with E-state index in [4.69, 9.17) is 0 Å². The lowest BCUT2D eigenvalue weighted by atomic mass is 9.96. The molecule has 0 radical (unpaired) electrons. The Morgan fingerprint density at radius 2 is 1.15 bits per heavy atom. The number of carbonyl (C=O) groups excluding carboxylic acids is 2. The molecule has 3 aromatic rings. The smallest absolute Gasteiger partial charge is 0.194 e. The third-order valence-corrected chi connectivity index (χ3v) is 5.05. The molecule has 0 spiro atoms. The van der Waals surface area contributed by atoms with Crippen LogP contribution >= 0.6 is 31.9 Å². The van der Waals surface area contributed by atoms with Crippen LogP contribution in [0.15, 0.2) is 63.5 Å². The minimum atomic E-state index is -0.153. The van der Waals surface area contributed by atoms with Crippen LogP contribution in [0.4, 0.5) is 0 Å². The highest BCUT2D eigenvalue weighted by molar-refractivity contribution is 9.10. The number of benzene rings is 2. The molecule has 0 N–H and O–H groups in total. The van der Waals surface area contributed by atoms with Crippen molar-refractivity contribution >= 4 is 43.4 Å². The molecule has 0 bridgehead atoms. The highest BCUT2D eigenvalue weighted by Gasteiger charge is 2.19. The first-order valence-electron chi connectivity index (χ1n) is 7.95. The Morgan fingerprint density at radius 1 is 0.731 bits per heavy atom. The summed E-state index contributed by atoms with van der Waals surface area (Å²) in [5, 5.41) is 0. The van der Waals surface area contributed by atoms with E-state index in [1.165, 1.54) is 0 Å². The lowest BCUT2D eigenvalue weighted by Gasteiger charge is -2.11. The fourth-order valence-electron chi connectivity index (χ4n) is 2.76. The molecule has 5 heteroatoms. The van der Waals surface area contributed by atoms with Crippen molar-refractivity contribution in [3.05, 3.63) is 97.2 Å². The molecule has 0 aliphatic carbocycles. The standard InChI is InChI=1S/C21H15Br2NO2/c1-12-18(20(25)14-5-3-7-16(22)9-14)11-19(13(2)24-12)21(26)15-6-4-8-17(23)10-15/h3-11H,1-2H3. The molecule has 2 aromatic carbocycles. The predicted molar refractivity (Wildman–Crippen MR) is 109 cm³/mol. The van der Waals surface area contributed by atoms with Crippen molar-refractivity contribution in [2.75, 3.05) is 0 Å². The monoisotopic (exact) mass is 471 g/mol. The van der Waals surface area contributed by atoms with Crippen LogP contribution in [0.3, 0.4) is 0 Å². The van der Waals surface area contributed by atoms with Gasteiger partial charge in [-0.3, -0.25) is 14.6 Å². The van der Waals surface area contributed by atoms with Crippen molar-refractivity contribution in [3.8, 4) is 0 Å². The van der Waals surface area contributed by atoms with Gasteiger partial charge in [-0.15, -0.1) is 0 Å². The van der Waals surface area contributed by atoms with E-state index in [2.05, 4.69) is 36.8 Å². The van der Waals surface area contributed by atoms with Gasteiger partial charge in [0.05, 0.1) is 0 Å². The van der Waals surface area contributed by atoms with Gasteiger partial charge in [0.25, 0.3) is 0 Å². The summed E-state index contributed by atoms with van der Waals surface area (Å²) >= 11 is 6.76. The molecule has 0 atom stereocenters. The Labute approximate surface area is 168 Å². The van der Waals surface area contributed by atoms with Crippen molar-refractivity contribution in [2.45, 2.75) is 13.8 Å². The zero-order valence-electron chi connectivity index (χ0n) is 14.2. The summed E-state index contributed by atoms with van der Waals surface area (Å²) in [7, 11) is 0. The van der Waals surface area contributed by atoms with Crippen LogP contribution in [0.1, 0.15) is 43.2 Å². The fraction of sp³-hybridized carbons (Fsp3) is 0.0952. The van der Waals surface area contributed by atoms with E-state index in [1.807, 2.05) is 24.3 Å². The molecule has 0 amide bonds. The zero-order chi connectivity index (χ0) is 18.8. The Hall–Kier alpha value is -2.11. The van der Waals surface area contributed by atoms with E-state index in [9.17, 15) is 9.59 Å². The van der Waals surface area contributed by atoms with Gasteiger partial charge in [0.15, 0.2) is 11.6 Å². The maximum absolute atomic E-state index is 12.9. The van der Waals surface area contributed by atoms with Crippen LogP contribution in [0.5, 0.6) is 0 Å². The van der Waals surface area contributed by atoms with Gasteiger partial charge in [0.2, 0.25) is 0 Å². The van der Waals surface area contributed by atoms with Crippen molar-refractivity contribution in [3.63, 3.8) is 0 Å². The first kappa shape index (κ1) is 18.7. The molecule has 1 aromatic heterocycles. The molecule has 0 saturated heterocycles. The van der Waals surface area contributed by atoms with Crippen molar-refractivity contribution in [1.29, 1.82) is 0 Å². The summed E-state index contributed by atoms with van der Waals surface area (Å²) in [6.07, 6.45) is 0. The van der Waals surface area contributed by atoms with E-state index in [0.29, 0.717) is 33.6 Å². The average molecular weight is 473 g/mol. The molecule has 0 saturated carbocycles. The molecular formula is C21H15Br2NO2. The van der Waals surface area contributed by atoms with Gasteiger partial charge in [0.1, 0.15) is 0 Å². The summed E-state index contributed by atoms with van der Waals surface area (Å²) in [6.45, 7) is 3.57. The highest BCUT2D eigenvalue weighted by atomic mass is 79.9. The minimum Gasteiger partial charge on any atom is -0.289 e. The fourth-order valence-corrected chi connectivity index (χ4v) is 3.55. The molecule has 3 rings (SSSR count). The van der Waals surface area contributed by atoms with E-state index in [0.717, 1.165) is 8.95 Å². The van der Waals surface area contributed by atoms with Crippen LogP contribution in [-0.4, -0.2) is 16.6 Å². The van der Waals surface area contributed by atoms with Crippen molar-refractivity contribution in [2.24, 2.45) is 0 Å². The number of halogens is 2. The number of rotatable bonds is 4. The van der Waals surface area contributed by atoms with Crippen LogP contribution in [0.2, 0.25) is 0 Å². The van der Waals surface area contributed by atoms with Crippen molar-refractivity contribution in [1.82, 2.24) is 4.98 Å². The average Bonchev–Trinajstić information content (AvgIpc) is 2.61. The highest BCUT2D eigenvalue weighted by Crippen LogP contribution is 2.22. The second-order valence-electron chi connectivity index (χ2n) is 5.93. The summed E-state index contributed by atoms with van der Waals surface area (Å²) in [4.78, 5) is 30.3. The Kier molecular flexibility index (Phi) is 5.49. The maximum Gasteiger partial charge on any atom is 0.194 e. The van der Waals surface area contributed by atoms with Gasteiger partial charge in [-0.1, -0.05) is 56.1 Å². The molecule has 130 valence electrons. The molecule has 1 heterocycles. The minimum absolute atomic E-state index is 0.153. The van der Waals surface area contributed by atoms with Crippen LogP contribution in [-0.2, 0) is 0 Å². The SMILES string of the molecule is Cc1nc(C)c(C(=O)c2cccc(Br)c2)cc1C(=O)c1cccc(Br)c1. The zero-order valence-corrected chi connectivity index (χ0v) is 17.4. The number of hydrogen-bond acceptors (Lipinski definition) is 3. The normalized spacial score (nSPS) is 10.6. The number of hydrogen-bond donors (Lipinski definition) is 0. The van der Waals surface area contributed by atoms with Gasteiger partial charge in [-0.05, 0) is 44.2 Å². The number of aromatic nitrogens is 1. The Bertz CT molecular complexity index is 950. The largest absolute Gasteiger partial charge is 0.289 e. The lowest BCUT2D eigenvalue weighted by Crippen LogP contribution is -2.12. The molecule has 0 fully saturated rings. The van der Waals surface area contributed by atoms with Crippen LogP contribution in [0.25, 0.3) is 0 Å². The molecule has 0 aliphatic heterocycles. The van der Waals surface area contributed by atoms with Crippen LogP contribution < -0.4 is 0 Å². The summed E-state index contributed by atoms with van der Waals surface area (Å²) in [5.74, 6) is -0.306. The molecular weight excluding hydrogens is 458 g/mol. The Morgan fingerprint density at radius 3 is 1.54 bits per heavy atom. The number of nitrogens with zero attached hydrogens (tertiary/aromatic N) is 1. The van der Waals surface area contributed by atoms with Gasteiger partial charge in [0, 0.05) is 42.6 Å². The second-order valence-corrected chi connectivity index (χ2v) is 7.76. The van der Waals surface area contributed by atoms with Gasteiger partial charge >= 0.3 is 0 Å². The van der Waals surface area contributed by atoms with E-state index in [1.54, 1.807) is 44.2 Å². The number of ketones is 2. The third-order valence-electron chi connectivity index (χ3n) is 4.07. The van der Waals surface area contributed by atoms with Crippen molar-refractivity contribution < 1.29 is 9.59 Å². The number of carbonyl (C=O) groups is 2. The first-order valence-corrected chi connectivity index (χ1v) is 9.54. The summed E-state index contributed by atoms with van der Waals surface area (Å²) in [6, 6.07) is 16.0. The first-order chi connectivity index (χ1) is 12.4. The van der Waals surface area contributed by atoms with Gasteiger partial charge in [-0.25, -0.2) is 0 Å². The molecule has 0 unspecified atom stereocenters. The lowest BCUT2D eigenvalue weighted by molar-refractivity contribution is 0.103. The van der Waals surface area contributed by atoms with Gasteiger partial charge in [-0.2, -0.15) is 0 Å². The number of pyridine rings is 1. The Balaban J connectivity index is 2.07.